The van der Waals surface area contributed by atoms with Crippen molar-refractivity contribution in [3.05, 3.63) is 58.9 Å². The molecule has 0 bridgehead atoms. The first kappa shape index (κ1) is 9.71. The second kappa shape index (κ2) is 3.73. The summed E-state index contributed by atoms with van der Waals surface area (Å²) in [6.45, 7) is 3.84. The molecule has 0 atom stereocenters. The molecule has 0 unspecified atom stereocenters. The summed E-state index contributed by atoms with van der Waals surface area (Å²) in [5.74, 6) is 0. The fraction of sp³-hybridized carbons (Fsp3) is 0.154. The van der Waals surface area contributed by atoms with Gasteiger partial charge in [0.15, 0.2) is 5.69 Å². The van der Waals surface area contributed by atoms with Crippen molar-refractivity contribution in [3.8, 4) is 11.3 Å². The fourth-order valence-electron chi connectivity index (χ4n) is 1.54. The van der Waals surface area contributed by atoms with E-state index in [1.807, 2.05) is 56.3 Å². The number of hydrogen-bond donors (Lipinski definition) is 0. The third kappa shape index (κ3) is 1.84. The van der Waals surface area contributed by atoms with Gasteiger partial charge in [-0.05, 0) is 25.1 Å². The minimum atomic E-state index is 0.704. The van der Waals surface area contributed by atoms with Crippen molar-refractivity contribution < 1.29 is 4.73 Å². The van der Waals surface area contributed by atoms with E-state index in [0.717, 1.165) is 10.3 Å². The number of hydrogen-bond acceptors (Lipinski definition) is 1. The summed E-state index contributed by atoms with van der Waals surface area (Å²) in [5, 5.41) is 11.8. The first-order chi connectivity index (χ1) is 7.18. The zero-order valence-corrected chi connectivity index (χ0v) is 8.90. The Balaban J connectivity index is 2.54. The van der Waals surface area contributed by atoms with E-state index in [0.29, 0.717) is 11.4 Å². The van der Waals surface area contributed by atoms with Gasteiger partial charge in [-0.15, -0.1) is 0 Å². The standard InChI is InChI=1S/C13H13NO/c1-10-6-8-12(9-7-10)13-5-3-4-11(2)14(13)15/h3-9H,1-2H3. The normalized spacial score (nSPS) is 10.3. The quantitative estimate of drug-likeness (QED) is 0.512. The number of benzene rings is 1. The number of nitrogens with zero attached hydrogens (tertiary/aromatic N) is 1. The largest absolute Gasteiger partial charge is 0.618 e. The van der Waals surface area contributed by atoms with E-state index >= 15 is 0 Å². The molecular weight excluding hydrogens is 186 g/mol. The van der Waals surface area contributed by atoms with Gasteiger partial charge in [0, 0.05) is 24.6 Å². The van der Waals surface area contributed by atoms with Crippen LogP contribution in [0.2, 0.25) is 0 Å². The van der Waals surface area contributed by atoms with Gasteiger partial charge in [-0.1, -0.05) is 17.7 Å². The van der Waals surface area contributed by atoms with Crippen molar-refractivity contribution in [1.29, 1.82) is 0 Å². The monoisotopic (exact) mass is 199 g/mol. The summed E-state index contributed by atoms with van der Waals surface area (Å²) in [5.41, 5.74) is 3.58. The number of pyridine rings is 1. The van der Waals surface area contributed by atoms with Crippen LogP contribution in [0.1, 0.15) is 11.3 Å². The van der Waals surface area contributed by atoms with E-state index in [4.69, 9.17) is 0 Å². The molecule has 15 heavy (non-hydrogen) atoms. The summed E-state index contributed by atoms with van der Waals surface area (Å²) >= 11 is 0. The molecule has 0 amide bonds. The van der Waals surface area contributed by atoms with Crippen molar-refractivity contribution >= 4 is 0 Å². The Hall–Kier alpha value is -1.83. The van der Waals surface area contributed by atoms with Gasteiger partial charge in [-0.2, -0.15) is 4.73 Å². The molecule has 0 saturated heterocycles. The molecule has 1 aromatic carbocycles. The van der Waals surface area contributed by atoms with E-state index in [2.05, 4.69) is 0 Å². The van der Waals surface area contributed by atoms with Crippen LogP contribution in [0, 0.1) is 19.1 Å². The summed E-state index contributed by atoms with van der Waals surface area (Å²) < 4.78 is 0.963. The number of aromatic nitrogens is 1. The highest BCUT2D eigenvalue weighted by Gasteiger charge is 2.09. The Morgan fingerprint density at radius 1 is 0.933 bits per heavy atom. The average molecular weight is 199 g/mol. The van der Waals surface area contributed by atoms with E-state index < -0.39 is 0 Å². The van der Waals surface area contributed by atoms with Crippen LogP contribution in [0.4, 0.5) is 0 Å². The Morgan fingerprint density at radius 2 is 1.60 bits per heavy atom. The average Bonchev–Trinajstić information content (AvgIpc) is 2.24. The highest BCUT2D eigenvalue weighted by Crippen LogP contribution is 2.15. The summed E-state index contributed by atoms with van der Waals surface area (Å²) in [6.07, 6.45) is 0. The smallest absolute Gasteiger partial charge is 0.223 e. The molecule has 0 aliphatic carbocycles. The van der Waals surface area contributed by atoms with Crippen LogP contribution >= 0.6 is 0 Å². The first-order valence-corrected chi connectivity index (χ1v) is 4.95. The predicted molar refractivity (Wildman–Crippen MR) is 60.3 cm³/mol. The van der Waals surface area contributed by atoms with Crippen molar-refractivity contribution in [2.45, 2.75) is 13.8 Å². The minimum Gasteiger partial charge on any atom is -0.618 e. The third-order valence-corrected chi connectivity index (χ3v) is 2.48. The molecule has 0 spiro atoms. The Bertz CT molecular complexity index is 474. The van der Waals surface area contributed by atoms with Crippen LogP contribution in [0.15, 0.2) is 42.5 Å². The van der Waals surface area contributed by atoms with Crippen molar-refractivity contribution in [1.82, 2.24) is 0 Å². The molecule has 76 valence electrons. The zero-order chi connectivity index (χ0) is 10.8. The predicted octanol–water partition coefficient (Wildman–Crippen LogP) is 2.60. The van der Waals surface area contributed by atoms with Crippen LogP contribution in [-0.4, -0.2) is 0 Å². The lowest BCUT2D eigenvalue weighted by molar-refractivity contribution is -0.600. The second-order valence-electron chi connectivity index (χ2n) is 3.71. The van der Waals surface area contributed by atoms with E-state index in [9.17, 15) is 5.21 Å². The summed E-state index contributed by atoms with van der Waals surface area (Å²) in [7, 11) is 0. The van der Waals surface area contributed by atoms with Gasteiger partial charge in [-0.25, -0.2) is 0 Å². The maximum Gasteiger partial charge on any atom is 0.223 e. The van der Waals surface area contributed by atoms with Gasteiger partial charge in [0.2, 0.25) is 5.69 Å². The third-order valence-electron chi connectivity index (χ3n) is 2.48. The highest BCUT2D eigenvalue weighted by molar-refractivity contribution is 5.56. The molecule has 2 aromatic rings. The van der Waals surface area contributed by atoms with Crippen LogP contribution in [0.5, 0.6) is 0 Å². The van der Waals surface area contributed by atoms with Crippen LogP contribution < -0.4 is 4.73 Å². The molecule has 0 aliphatic rings. The molecule has 2 heteroatoms. The van der Waals surface area contributed by atoms with Gasteiger partial charge in [0.25, 0.3) is 0 Å². The Morgan fingerprint density at radius 3 is 2.27 bits per heavy atom. The minimum absolute atomic E-state index is 0.704. The number of aryl methyl sites for hydroxylation is 2. The van der Waals surface area contributed by atoms with E-state index in [1.165, 1.54) is 5.56 Å². The van der Waals surface area contributed by atoms with Gasteiger partial charge in [0.05, 0.1) is 0 Å². The summed E-state index contributed by atoms with van der Waals surface area (Å²) in [4.78, 5) is 0. The Kier molecular flexibility index (Phi) is 2.42. The van der Waals surface area contributed by atoms with Crippen molar-refractivity contribution in [2.75, 3.05) is 0 Å². The maximum atomic E-state index is 11.8. The molecule has 2 nitrogen and oxygen atoms in total. The van der Waals surface area contributed by atoms with Gasteiger partial charge < -0.3 is 5.21 Å². The second-order valence-corrected chi connectivity index (χ2v) is 3.71. The molecule has 0 radical (unpaired) electrons. The van der Waals surface area contributed by atoms with Gasteiger partial charge in [0.1, 0.15) is 0 Å². The molecule has 2 rings (SSSR count). The topological polar surface area (TPSA) is 26.9 Å². The lowest BCUT2D eigenvalue weighted by atomic mass is 10.1. The Labute approximate surface area is 89.4 Å². The van der Waals surface area contributed by atoms with Gasteiger partial charge >= 0.3 is 0 Å². The molecule has 1 heterocycles. The molecule has 0 N–H and O–H groups in total. The summed E-state index contributed by atoms with van der Waals surface area (Å²) in [6, 6.07) is 13.5. The van der Waals surface area contributed by atoms with Crippen molar-refractivity contribution in [2.24, 2.45) is 0 Å². The van der Waals surface area contributed by atoms with Crippen LogP contribution in [-0.2, 0) is 0 Å². The van der Waals surface area contributed by atoms with Crippen LogP contribution in [0.3, 0.4) is 0 Å². The molecule has 0 aliphatic heterocycles. The SMILES string of the molecule is Cc1ccc(-c2cccc(C)[n+]2[O-])cc1. The molecule has 1 aromatic heterocycles. The lowest BCUT2D eigenvalue weighted by Crippen LogP contribution is -2.32. The molecule has 0 saturated carbocycles. The maximum absolute atomic E-state index is 11.8. The zero-order valence-electron chi connectivity index (χ0n) is 8.90. The van der Waals surface area contributed by atoms with E-state index in [-0.39, 0.29) is 0 Å². The molecule has 0 fully saturated rings. The van der Waals surface area contributed by atoms with Crippen molar-refractivity contribution in [3.63, 3.8) is 0 Å². The molecular formula is C13H13NO. The van der Waals surface area contributed by atoms with Gasteiger partial charge in [-0.3, -0.25) is 0 Å². The highest BCUT2D eigenvalue weighted by atomic mass is 16.5. The number of rotatable bonds is 1. The first-order valence-electron chi connectivity index (χ1n) is 4.95. The van der Waals surface area contributed by atoms with E-state index in [1.54, 1.807) is 0 Å². The fourth-order valence-corrected chi connectivity index (χ4v) is 1.54. The lowest BCUT2D eigenvalue weighted by Gasteiger charge is -2.06. The van der Waals surface area contributed by atoms with Crippen LogP contribution in [0.25, 0.3) is 11.3 Å².